The fourth-order valence-electron chi connectivity index (χ4n) is 2.53. The summed E-state index contributed by atoms with van der Waals surface area (Å²) >= 11 is 0. The molecule has 2 heterocycles. The van der Waals surface area contributed by atoms with Crippen LogP contribution in [-0.4, -0.2) is 12.0 Å². The molecule has 3 N–H and O–H groups in total. The molecule has 0 radical (unpaired) electrons. The molecule has 4 heteroatoms. The van der Waals surface area contributed by atoms with Crippen LogP contribution >= 0.6 is 0 Å². The Kier molecular flexibility index (Phi) is 3.16. The first-order valence-corrected chi connectivity index (χ1v) is 6.56. The van der Waals surface area contributed by atoms with Gasteiger partial charge in [0.15, 0.2) is 0 Å². The molecule has 0 fully saturated rings. The molecule has 102 valence electrons. The minimum absolute atomic E-state index is 0.0361. The minimum atomic E-state index is -0.0361. The molecule has 1 atom stereocenters. The predicted molar refractivity (Wildman–Crippen MR) is 80.5 cm³/mol. The van der Waals surface area contributed by atoms with Gasteiger partial charge in [-0.15, -0.1) is 0 Å². The molecule has 0 saturated heterocycles. The van der Waals surface area contributed by atoms with E-state index in [9.17, 15) is 0 Å². The fourth-order valence-corrected chi connectivity index (χ4v) is 2.53. The van der Waals surface area contributed by atoms with Gasteiger partial charge >= 0.3 is 0 Å². The Labute approximate surface area is 117 Å². The fraction of sp³-hybridized carbons (Fsp3) is 0.188. The normalized spacial score (nSPS) is 12.7. The van der Waals surface area contributed by atoms with Crippen molar-refractivity contribution in [3.8, 4) is 0 Å². The number of anilines is 1. The summed E-state index contributed by atoms with van der Waals surface area (Å²) in [6.45, 7) is 2.01. The van der Waals surface area contributed by atoms with Crippen LogP contribution in [0.4, 0.5) is 5.82 Å². The molecular weight excluding hydrogens is 250 g/mol. The summed E-state index contributed by atoms with van der Waals surface area (Å²) in [7, 11) is 1.91. The SMILES string of the molecule is CNC(c1cc(C)cnc1N)c1coc2ccccc12. The second-order valence-corrected chi connectivity index (χ2v) is 4.90. The number of benzene rings is 1. The van der Waals surface area contributed by atoms with Crippen molar-refractivity contribution in [2.75, 3.05) is 12.8 Å². The van der Waals surface area contributed by atoms with E-state index < -0.39 is 0 Å². The first kappa shape index (κ1) is 12.7. The van der Waals surface area contributed by atoms with E-state index in [1.807, 2.05) is 32.2 Å². The van der Waals surface area contributed by atoms with Crippen molar-refractivity contribution in [1.29, 1.82) is 0 Å². The van der Waals surface area contributed by atoms with E-state index >= 15 is 0 Å². The van der Waals surface area contributed by atoms with Crippen LogP contribution < -0.4 is 11.1 Å². The van der Waals surface area contributed by atoms with Gasteiger partial charge in [0.1, 0.15) is 11.4 Å². The molecule has 0 amide bonds. The number of furan rings is 1. The summed E-state index contributed by atoms with van der Waals surface area (Å²) in [5, 5.41) is 4.39. The Bertz CT molecular complexity index is 748. The Balaban J connectivity index is 2.16. The standard InChI is InChI=1S/C16H17N3O/c1-10-7-12(16(17)19-8-10)15(18-2)13-9-20-14-6-4-3-5-11(13)14/h3-9,15,18H,1-2H3,(H2,17,19). The predicted octanol–water partition coefficient (Wildman–Crippen LogP) is 3.03. The number of nitrogens with two attached hydrogens (primary N) is 1. The van der Waals surface area contributed by atoms with Gasteiger partial charge < -0.3 is 15.5 Å². The van der Waals surface area contributed by atoms with E-state index in [1.54, 1.807) is 12.5 Å². The van der Waals surface area contributed by atoms with Gasteiger partial charge in [-0.25, -0.2) is 4.98 Å². The first-order chi connectivity index (χ1) is 9.70. The number of aromatic nitrogens is 1. The highest BCUT2D eigenvalue weighted by atomic mass is 16.3. The summed E-state index contributed by atoms with van der Waals surface area (Å²) in [5.41, 5.74) is 10.0. The average molecular weight is 267 g/mol. The van der Waals surface area contributed by atoms with Gasteiger partial charge in [-0.3, -0.25) is 0 Å². The average Bonchev–Trinajstić information content (AvgIpc) is 2.88. The maximum absolute atomic E-state index is 6.03. The van der Waals surface area contributed by atoms with E-state index in [4.69, 9.17) is 10.2 Å². The number of hydrogen-bond donors (Lipinski definition) is 2. The number of nitrogens with zero attached hydrogens (tertiary/aromatic N) is 1. The van der Waals surface area contributed by atoms with Crippen LogP contribution in [0.15, 0.2) is 47.2 Å². The topological polar surface area (TPSA) is 64.1 Å². The van der Waals surface area contributed by atoms with Crippen LogP contribution in [0.1, 0.15) is 22.7 Å². The highest BCUT2D eigenvalue weighted by Crippen LogP contribution is 2.32. The summed E-state index contributed by atoms with van der Waals surface area (Å²) in [6, 6.07) is 10.0. The number of aryl methyl sites for hydroxylation is 1. The third kappa shape index (κ3) is 2.04. The van der Waals surface area contributed by atoms with E-state index in [-0.39, 0.29) is 6.04 Å². The second kappa shape index (κ2) is 4.98. The zero-order valence-electron chi connectivity index (χ0n) is 11.6. The van der Waals surface area contributed by atoms with Crippen LogP contribution in [0.25, 0.3) is 11.0 Å². The van der Waals surface area contributed by atoms with Gasteiger partial charge in [0.25, 0.3) is 0 Å². The molecule has 4 nitrogen and oxygen atoms in total. The van der Waals surface area contributed by atoms with Gasteiger partial charge in [0.05, 0.1) is 12.3 Å². The lowest BCUT2D eigenvalue weighted by molar-refractivity contribution is 0.597. The van der Waals surface area contributed by atoms with Crippen LogP contribution in [0.2, 0.25) is 0 Å². The van der Waals surface area contributed by atoms with Gasteiger partial charge in [0.2, 0.25) is 0 Å². The quantitative estimate of drug-likeness (QED) is 0.765. The molecule has 0 bridgehead atoms. The van der Waals surface area contributed by atoms with Gasteiger partial charge in [-0.05, 0) is 31.7 Å². The van der Waals surface area contributed by atoms with Gasteiger partial charge in [0, 0.05) is 22.7 Å². The third-order valence-electron chi connectivity index (χ3n) is 3.51. The monoisotopic (exact) mass is 267 g/mol. The van der Waals surface area contributed by atoms with Crippen molar-refractivity contribution in [2.24, 2.45) is 0 Å². The van der Waals surface area contributed by atoms with Gasteiger partial charge in [-0.1, -0.05) is 18.2 Å². The number of para-hydroxylation sites is 1. The van der Waals surface area contributed by atoms with E-state index in [2.05, 4.69) is 22.4 Å². The van der Waals surface area contributed by atoms with Crippen molar-refractivity contribution >= 4 is 16.8 Å². The Hall–Kier alpha value is -2.33. The van der Waals surface area contributed by atoms with Crippen molar-refractivity contribution in [2.45, 2.75) is 13.0 Å². The van der Waals surface area contributed by atoms with Crippen molar-refractivity contribution in [3.05, 3.63) is 59.5 Å². The Morgan fingerprint density at radius 3 is 2.85 bits per heavy atom. The minimum Gasteiger partial charge on any atom is -0.464 e. The molecule has 20 heavy (non-hydrogen) atoms. The Morgan fingerprint density at radius 2 is 2.05 bits per heavy atom. The number of pyridine rings is 1. The third-order valence-corrected chi connectivity index (χ3v) is 3.51. The van der Waals surface area contributed by atoms with Crippen LogP contribution in [0.5, 0.6) is 0 Å². The Morgan fingerprint density at radius 1 is 1.25 bits per heavy atom. The molecule has 3 rings (SSSR count). The number of fused-ring (bicyclic) bond motifs is 1. The zero-order valence-corrected chi connectivity index (χ0v) is 11.6. The smallest absolute Gasteiger partial charge is 0.134 e. The lowest BCUT2D eigenvalue weighted by atomic mass is 9.98. The second-order valence-electron chi connectivity index (χ2n) is 4.90. The highest BCUT2D eigenvalue weighted by Gasteiger charge is 2.20. The molecule has 2 aromatic heterocycles. The first-order valence-electron chi connectivity index (χ1n) is 6.56. The molecule has 1 unspecified atom stereocenters. The number of rotatable bonds is 3. The zero-order chi connectivity index (χ0) is 14.1. The highest BCUT2D eigenvalue weighted by molar-refractivity contribution is 5.82. The molecule has 0 aliphatic heterocycles. The number of nitrogen functional groups attached to an aromatic ring is 1. The maximum atomic E-state index is 6.03. The number of hydrogen-bond acceptors (Lipinski definition) is 4. The molecule has 0 spiro atoms. The van der Waals surface area contributed by atoms with E-state index in [0.29, 0.717) is 5.82 Å². The van der Waals surface area contributed by atoms with Crippen molar-refractivity contribution in [3.63, 3.8) is 0 Å². The molecule has 0 aliphatic carbocycles. The largest absolute Gasteiger partial charge is 0.464 e. The lowest BCUT2D eigenvalue weighted by Crippen LogP contribution is -2.19. The van der Waals surface area contributed by atoms with Crippen LogP contribution in [0.3, 0.4) is 0 Å². The molecule has 1 aromatic carbocycles. The summed E-state index contributed by atoms with van der Waals surface area (Å²) in [5.74, 6) is 0.542. The molecule has 0 aliphatic rings. The molecular formula is C16H17N3O. The molecule has 3 aromatic rings. The van der Waals surface area contributed by atoms with E-state index in [0.717, 1.165) is 27.7 Å². The van der Waals surface area contributed by atoms with Crippen molar-refractivity contribution < 1.29 is 4.42 Å². The summed E-state index contributed by atoms with van der Waals surface area (Å²) in [4.78, 5) is 4.24. The van der Waals surface area contributed by atoms with Crippen molar-refractivity contribution in [1.82, 2.24) is 10.3 Å². The summed E-state index contributed by atoms with van der Waals surface area (Å²) < 4.78 is 5.62. The lowest BCUT2D eigenvalue weighted by Gasteiger charge is -2.17. The van der Waals surface area contributed by atoms with E-state index in [1.165, 1.54) is 0 Å². The maximum Gasteiger partial charge on any atom is 0.134 e. The van der Waals surface area contributed by atoms with Gasteiger partial charge in [-0.2, -0.15) is 0 Å². The summed E-state index contributed by atoms with van der Waals surface area (Å²) in [6.07, 6.45) is 3.56. The van der Waals surface area contributed by atoms with Crippen LogP contribution in [0, 0.1) is 6.92 Å². The number of nitrogens with one attached hydrogen (secondary N) is 1. The molecule has 0 saturated carbocycles. The van der Waals surface area contributed by atoms with Crippen LogP contribution in [-0.2, 0) is 0 Å².